The summed E-state index contributed by atoms with van der Waals surface area (Å²) < 4.78 is 0. The topological polar surface area (TPSA) is 73.0 Å². The Morgan fingerprint density at radius 1 is 1.31 bits per heavy atom. The summed E-state index contributed by atoms with van der Waals surface area (Å²) in [5.41, 5.74) is 0.359. The van der Waals surface area contributed by atoms with E-state index < -0.39 is 5.66 Å². The lowest BCUT2D eigenvalue weighted by Crippen LogP contribution is -2.65. The van der Waals surface area contributed by atoms with Gasteiger partial charge >= 0.3 is 0 Å². The molecular formula is C19H24N4O3. The number of carbonyl (C=O) groups excluding carboxylic acids is 3. The number of para-hydroxylation sites is 1. The fourth-order valence-electron chi connectivity index (χ4n) is 4.38. The molecular weight excluding hydrogens is 332 g/mol. The maximum atomic E-state index is 13.2. The number of benzene rings is 1. The molecule has 1 aromatic rings. The molecule has 138 valence electrons. The number of rotatable bonds is 2. The molecule has 0 aromatic heterocycles. The maximum absolute atomic E-state index is 13.2. The molecule has 26 heavy (non-hydrogen) atoms. The third-order valence-corrected chi connectivity index (χ3v) is 5.86. The van der Waals surface area contributed by atoms with Crippen molar-refractivity contribution in [3.05, 3.63) is 29.8 Å². The Bertz CT molecular complexity index is 780. The first-order valence-corrected chi connectivity index (χ1v) is 9.18. The Morgan fingerprint density at radius 2 is 2.08 bits per heavy atom. The van der Waals surface area contributed by atoms with Gasteiger partial charge in [-0.05, 0) is 32.4 Å². The second-order valence-corrected chi connectivity index (χ2v) is 7.49. The summed E-state index contributed by atoms with van der Waals surface area (Å²) in [6.45, 7) is 6.04. The number of carbonyl (C=O) groups is 3. The average Bonchev–Trinajstić information content (AvgIpc) is 2.95. The second-order valence-electron chi connectivity index (χ2n) is 7.49. The van der Waals surface area contributed by atoms with Gasteiger partial charge in [-0.3, -0.25) is 19.3 Å². The quantitative estimate of drug-likeness (QED) is 0.851. The van der Waals surface area contributed by atoms with Gasteiger partial charge in [0.25, 0.3) is 5.91 Å². The van der Waals surface area contributed by atoms with Crippen LogP contribution in [0.15, 0.2) is 24.3 Å². The summed E-state index contributed by atoms with van der Waals surface area (Å²) in [6.07, 6.45) is 0.920. The summed E-state index contributed by atoms with van der Waals surface area (Å²) in [4.78, 5) is 43.8. The summed E-state index contributed by atoms with van der Waals surface area (Å²) in [5, 5.41) is 3.27. The number of nitrogens with one attached hydrogen (secondary N) is 1. The molecule has 1 unspecified atom stereocenters. The second kappa shape index (κ2) is 6.09. The number of hydrogen-bond donors (Lipinski definition) is 1. The van der Waals surface area contributed by atoms with Crippen LogP contribution in [0.4, 0.5) is 5.69 Å². The largest absolute Gasteiger partial charge is 0.336 e. The molecule has 3 aliphatic rings. The molecule has 2 saturated heterocycles. The summed E-state index contributed by atoms with van der Waals surface area (Å²) in [6, 6.07) is 7.26. The number of nitrogens with zero attached hydrogens (tertiary/aromatic N) is 3. The highest BCUT2D eigenvalue weighted by molar-refractivity contribution is 6.11. The van der Waals surface area contributed by atoms with Crippen molar-refractivity contribution >= 4 is 23.4 Å². The number of amides is 3. The van der Waals surface area contributed by atoms with Gasteiger partial charge in [-0.15, -0.1) is 0 Å². The first kappa shape index (κ1) is 17.0. The van der Waals surface area contributed by atoms with E-state index >= 15 is 0 Å². The van der Waals surface area contributed by atoms with Crippen LogP contribution in [0.2, 0.25) is 0 Å². The maximum Gasteiger partial charge on any atom is 0.258 e. The number of fused-ring (bicyclic) bond motifs is 3. The van der Waals surface area contributed by atoms with Crippen LogP contribution >= 0.6 is 0 Å². The van der Waals surface area contributed by atoms with E-state index in [1.807, 2.05) is 30.9 Å². The Hall–Kier alpha value is -2.41. The minimum absolute atomic E-state index is 0.000407. The molecule has 0 radical (unpaired) electrons. The van der Waals surface area contributed by atoms with Gasteiger partial charge in [-0.2, -0.15) is 0 Å². The Kier molecular flexibility index (Phi) is 3.99. The van der Waals surface area contributed by atoms with Gasteiger partial charge in [-0.1, -0.05) is 12.1 Å². The fraction of sp³-hybridized carbons (Fsp3) is 0.526. The van der Waals surface area contributed by atoms with Crippen molar-refractivity contribution in [3.63, 3.8) is 0 Å². The van der Waals surface area contributed by atoms with Crippen molar-refractivity contribution in [2.45, 2.75) is 38.4 Å². The van der Waals surface area contributed by atoms with Gasteiger partial charge in [0.15, 0.2) is 0 Å². The number of hydrogen-bond acceptors (Lipinski definition) is 4. The van der Waals surface area contributed by atoms with E-state index in [0.717, 1.165) is 13.1 Å². The van der Waals surface area contributed by atoms with E-state index in [1.165, 1.54) is 0 Å². The molecule has 2 fully saturated rings. The molecule has 0 spiro atoms. The van der Waals surface area contributed by atoms with Crippen LogP contribution in [0.5, 0.6) is 0 Å². The average molecular weight is 356 g/mol. The van der Waals surface area contributed by atoms with Gasteiger partial charge in [0.2, 0.25) is 11.8 Å². The molecule has 1 aromatic carbocycles. The summed E-state index contributed by atoms with van der Waals surface area (Å²) in [5.74, 6) is -0.238. The van der Waals surface area contributed by atoms with Gasteiger partial charge < -0.3 is 15.1 Å². The molecule has 7 nitrogen and oxygen atoms in total. The zero-order valence-corrected chi connectivity index (χ0v) is 15.2. The standard InChI is InChI=1S/C19H24N4O3/c1-13-11-20-9-10-21(13)17(25)12-22-18(26)14-5-3-4-6-15(14)23-16(24)7-8-19(22,23)2/h3-6,13,20H,7-12H2,1-2H3/t13-,19?/m1/s1. The summed E-state index contributed by atoms with van der Waals surface area (Å²) in [7, 11) is 0. The van der Waals surface area contributed by atoms with Crippen LogP contribution in [0.1, 0.15) is 37.0 Å². The Morgan fingerprint density at radius 3 is 2.85 bits per heavy atom. The smallest absolute Gasteiger partial charge is 0.258 e. The van der Waals surface area contributed by atoms with Gasteiger partial charge in [0, 0.05) is 32.1 Å². The Balaban J connectivity index is 1.68. The number of anilines is 1. The van der Waals surface area contributed by atoms with Crippen LogP contribution in [0.3, 0.4) is 0 Å². The van der Waals surface area contributed by atoms with Crippen LogP contribution in [0.25, 0.3) is 0 Å². The molecule has 3 aliphatic heterocycles. The van der Waals surface area contributed by atoms with Crippen LogP contribution in [-0.4, -0.2) is 65.4 Å². The monoisotopic (exact) mass is 356 g/mol. The fourth-order valence-corrected chi connectivity index (χ4v) is 4.38. The lowest BCUT2D eigenvalue weighted by atomic mass is 9.98. The van der Waals surface area contributed by atoms with Crippen LogP contribution in [0, 0.1) is 0 Å². The van der Waals surface area contributed by atoms with E-state index in [1.54, 1.807) is 21.9 Å². The molecule has 3 heterocycles. The van der Waals surface area contributed by atoms with Gasteiger partial charge in [-0.25, -0.2) is 0 Å². The highest BCUT2D eigenvalue weighted by atomic mass is 16.2. The first-order chi connectivity index (χ1) is 12.4. The van der Waals surface area contributed by atoms with Crippen molar-refractivity contribution in [2.75, 3.05) is 31.1 Å². The zero-order chi connectivity index (χ0) is 18.5. The third-order valence-electron chi connectivity index (χ3n) is 5.86. The van der Waals surface area contributed by atoms with Crippen molar-refractivity contribution < 1.29 is 14.4 Å². The molecule has 2 atom stereocenters. The molecule has 1 N–H and O–H groups in total. The lowest BCUT2D eigenvalue weighted by molar-refractivity contribution is -0.136. The predicted molar refractivity (Wildman–Crippen MR) is 96.6 cm³/mol. The molecule has 4 rings (SSSR count). The molecule has 0 aliphatic carbocycles. The summed E-state index contributed by atoms with van der Waals surface area (Å²) >= 11 is 0. The highest BCUT2D eigenvalue weighted by Gasteiger charge is 2.53. The first-order valence-electron chi connectivity index (χ1n) is 9.18. The minimum Gasteiger partial charge on any atom is -0.336 e. The zero-order valence-electron chi connectivity index (χ0n) is 15.2. The van der Waals surface area contributed by atoms with E-state index in [4.69, 9.17) is 0 Å². The molecule has 0 bridgehead atoms. The normalized spacial score (nSPS) is 28.2. The van der Waals surface area contributed by atoms with E-state index in [2.05, 4.69) is 5.32 Å². The molecule has 7 heteroatoms. The SMILES string of the molecule is C[C@@H]1CNCCN1C(=O)CN1C(=O)c2ccccc2N2C(=O)CCC12C. The molecule has 3 amide bonds. The van der Waals surface area contributed by atoms with Crippen molar-refractivity contribution in [2.24, 2.45) is 0 Å². The van der Waals surface area contributed by atoms with Crippen molar-refractivity contribution in [3.8, 4) is 0 Å². The molecule has 0 saturated carbocycles. The van der Waals surface area contributed by atoms with E-state index in [9.17, 15) is 14.4 Å². The lowest BCUT2D eigenvalue weighted by Gasteiger charge is -2.49. The third kappa shape index (κ3) is 2.41. The number of piperazine rings is 1. The minimum atomic E-state index is -0.782. The van der Waals surface area contributed by atoms with Crippen LogP contribution in [-0.2, 0) is 9.59 Å². The highest BCUT2D eigenvalue weighted by Crippen LogP contribution is 2.43. The van der Waals surface area contributed by atoms with Crippen LogP contribution < -0.4 is 10.2 Å². The van der Waals surface area contributed by atoms with E-state index in [-0.39, 0.29) is 30.3 Å². The van der Waals surface area contributed by atoms with Gasteiger partial charge in [0.1, 0.15) is 12.2 Å². The van der Waals surface area contributed by atoms with Crippen molar-refractivity contribution in [1.82, 2.24) is 15.1 Å². The Labute approximate surface area is 152 Å². The predicted octanol–water partition coefficient (Wildman–Crippen LogP) is 0.806. The van der Waals surface area contributed by atoms with Gasteiger partial charge in [0.05, 0.1) is 11.3 Å². The van der Waals surface area contributed by atoms with E-state index in [0.29, 0.717) is 30.6 Å². The van der Waals surface area contributed by atoms with Crippen molar-refractivity contribution in [1.29, 1.82) is 0 Å².